The van der Waals surface area contributed by atoms with Gasteiger partial charge in [0.25, 0.3) is 5.91 Å². The first kappa shape index (κ1) is 20.2. The third-order valence-corrected chi connectivity index (χ3v) is 4.42. The minimum atomic E-state index is -0.875. The Morgan fingerprint density at radius 1 is 0.903 bits per heavy atom. The van der Waals surface area contributed by atoms with E-state index < -0.39 is 23.2 Å². The van der Waals surface area contributed by atoms with Gasteiger partial charge in [-0.3, -0.25) is 9.48 Å². The van der Waals surface area contributed by atoms with Crippen molar-refractivity contribution in [2.24, 2.45) is 0 Å². The molecule has 0 radical (unpaired) electrons. The third-order valence-electron chi connectivity index (χ3n) is 4.42. The smallest absolute Gasteiger partial charge is 0.276 e. The van der Waals surface area contributed by atoms with E-state index in [0.717, 1.165) is 17.7 Å². The maximum atomic E-state index is 13.7. The summed E-state index contributed by atoms with van der Waals surface area (Å²) in [4.78, 5) is 12.3. The molecule has 0 atom stereocenters. The average molecular weight is 423 g/mol. The average Bonchev–Trinajstić information content (AvgIpc) is 3.22. The Kier molecular flexibility index (Phi) is 5.70. The number of para-hydroxylation sites is 2. The van der Waals surface area contributed by atoms with Crippen molar-refractivity contribution in [2.45, 2.75) is 6.54 Å². The zero-order chi connectivity index (χ0) is 21.8. The van der Waals surface area contributed by atoms with Crippen molar-refractivity contribution in [3.05, 3.63) is 108 Å². The Hall–Kier alpha value is -4.07. The predicted molar refractivity (Wildman–Crippen MR) is 109 cm³/mol. The van der Waals surface area contributed by atoms with Crippen LogP contribution in [0.4, 0.5) is 18.9 Å². The van der Waals surface area contributed by atoms with Gasteiger partial charge in [0.2, 0.25) is 0 Å². The molecular formula is C23H16F3N3O2. The molecule has 0 saturated carbocycles. The molecule has 1 N–H and O–H groups in total. The molecule has 0 aliphatic carbocycles. The van der Waals surface area contributed by atoms with Gasteiger partial charge in [-0.1, -0.05) is 24.3 Å². The summed E-state index contributed by atoms with van der Waals surface area (Å²) in [5.74, 6) is -1.83. The van der Waals surface area contributed by atoms with E-state index in [1.54, 1.807) is 18.3 Å². The third kappa shape index (κ3) is 4.75. The number of hydrogen-bond acceptors (Lipinski definition) is 3. The second-order valence-electron chi connectivity index (χ2n) is 6.61. The molecule has 4 rings (SSSR count). The Labute approximate surface area is 175 Å². The zero-order valence-corrected chi connectivity index (χ0v) is 16.1. The highest BCUT2D eigenvalue weighted by atomic mass is 19.1. The maximum Gasteiger partial charge on any atom is 0.276 e. The Morgan fingerprint density at radius 3 is 2.35 bits per heavy atom. The van der Waals surface area contributed by atoms with E-state index in [9.17, 15) is 18.0 Å². The van der Waals surface area contributed by atoms with E-state index in [1.165, 1.54) is 41.1 Å². The number of rotatable bonds is 6. The fourth-order valence-electron chi connectivity index (χ4n) is 2.90. The van der Waals surface area contributed by atoms with E-state index in [2.05, 4.69) is 10.4 Å². The van der Waals surface area contributed by atoms with Crippen molar-refractivity contribution in [1.82, 2.24) is 9.78 Å². The number of ether oxygens (including phenoxy) is 1. The van der Waals surface area contributed by atoms with Crippen molar-refractivity contribution in [2.75, 3.05) is 5.32 Å². The molecule has 0 aliphatic rings. The SMILES string of the molecule is O=C(Nc1c(F)cccc1F)c1ccn(Cc2ccccc2Oc2ccc(F)cc2)n1. The molecule has 5 nitrogen and oxygen atoms in total. The first-order valence-electron chi connectivity index (χ1n) is 9.30. The molecule has 4 aromatic rings. The van der Waals surface area contributed by atoms with Gasteiger partial charge in [0, 0.05) is 11.8 Å². The first-order chi connectivity index (χ1) is 15.0. The van der Waals surface area contributed by atoms with Crippen LogP contribution in [-0.4, -0.2) is 15.7 Å². The van der Waals surface area contributed by atoms with Gasteiger partial charge in [-0.25, -0.2) is 13.2 Å². The summed E-state index contributed by atoms with van der Waals surface area (Å²) < 4.78 is 47.9. The van der Waals surface area contributed by atoms with E-state index in [1.807, 2.05) is 12.1 Å². The van der Waals surface area contributed by atoms with Crippen LogP contribution >= 0.6 is 0 Å². The highest BCUT2D eigenvalue weighted by Crippen LogP contribution is 2.26. The molecule has 3 aromatic carbocycles. The number of carbonyl (C=O) groups is 1. The molecule has 0 spiro atoms. The molecule has 0 aliphatic heterocycles. The lowest BCUT2D eigenvalue weighted by atomic mass is 10.2. The quantitative estimate of drug-likeness (QED) is 0.452. The van der Waals surface area contributed by atoms with Gasteiger partial charge in [-0.15, -0.1) is 0 Å². The van der Waals surface area contributed by atoms with Crippen LogP contribution in [0.1, 0.15) is 16.1 Å². The van der Waals surface area contributed by atoms with Gasteiger partial charge in [-0.05, 0) is 48.5 Å². The van der Waals surface area contributed by atoms with E-state index in [-0.39, 0.29) is 18.1 Å². The molecular weight excluding hydrogens is 407 g/mol. The summed E-state index contributed by atoms with van der Waals surface area (Å²) in [6, 6.07) is 17.6. The molecule has 1 aromatic heterocycles. The topological polar surface area (TPSA) is 56.2 Å². The number of carbonyl (C=O) groups excluding carboxylic acids is 1. The highest BCUT2D eigenvalue weighted by molar-refractivity contribution is 6.02. The van der Waals surface area contributed by atoms with Gasteiger partial charge in [0.1, 0.15) is 34.6 Å². The van der Waals surface area contributed by atoms with Crippen LogP contribution in [-0.2, 0) is 6.54 Å². The number of anilines is 1. The minimum Gasteiger partial charge on any atom is -0.457 e. The molecule has 8 heteroatoms. The van der Waals surface area contributed by atoms with Crippen LogP contribution in [0, 0.1) is 17.5 Å². The molecule has 0 saturated heterocycles. The zero-order valence-electron chi connectivity index (χ0n) is 16.1. The summed E-state index contributed by atoms with van der Waals surface area (Å²) in [6.07, 6.45) is 1.57. The number of halogens is 3. The Bertz CT molecular complexity index is 1200. The van der Waals surface area contributed by atoms with E-state index in [0.29, 0.717) is 11.5 Å². The summed E-state index contributed by atoms with van der Waals surface area (Å²) in [7, 11) is 0. The molecule has 0 fully saturated rings. The second-order valence-corrected chi connectivity index (χ2v) is 6.61. The monoisotopic (exact) mass is 423 g/mol. The van der Waals surface area contributed by atoms with Gasteiger partial charge < -0.3 is 10.1 Å². The van der Waals surface area contributed by atoms with Gasteiger partial charge >= 0.3 is 0 Å². The minimum absolute atomic E-state index is 0.000382. The largest absolute Gasteiger partial charge is 0.457 e. The van der Waals surface area contributed by atoms with Crippen molar-refractivity contribution in [3.63, 3.8) is 0 Å². The summed E-state index contributed by atoms with van der Waals surface area (Å²) in [6.45, 7) is 0.276. The fourth-order valence-corrected chi connectivity index (χ4v) is 2.90. The summed E-state index contributed by atoms with van der Waals surface area (Å²) in [5, 5.41) is 6.38. The molecule has 0 bridgehead atoms. The lowest BCUT2D eigenvalue weighted by Crippen LogP contribution is -2.15. The van der Waals surface area contributed by atoms with Gasteiger partial charge in [0.05, 0.1) is 6.54 Å². The van der Waals surface area contributed by atoms with Gasteiger partial charge in [0.15, 0.2) is 5.69 Å². The summed E-state index contributed by atoms with van der Waals surface area (Å²) >= 11 is 0. The lowest BCUT2D eigenvalue weighted by Gasteiger charge is -2.11. The standard InChI is InChI=1S/C23H16F3N3O2/c24-16-8-10-17(11-9-16)31-21-7-2-1-4-15(21)14-29-13-12-20(28-29)23(30)27-22-18(25)5-3-6-19(22)26/h1-13H,14H2,(H,27,30). The first-order valence-corrected chi connectivity index (χ1v) is 9.30. The summed E-state index contributed by atoms with van der Waals surface area (Å²) in [5.41, 5.74) is 0.238. The Morgan fingerprint density at radius 2 is 1.61 bits per heavy atom. The number of nitrogens with one attached hydrogen (secondary N) is 1. The molecule has 31 heavy (non-hydrogen) atoms. The number of amides is 1. The van der Waals surface area contributed by atoms with Gasteiger partial charge in [-0.2, -0.15) is 5.10 Å². The van der Waals surface area contributed by atoms with Crippen LogP contribution in [0.25, 0.3) is 0 Å². The van der Waals surface area contributed by atoms with Crippen molar-refractivity contribution < 1.29 is 22.7 Å². The van der Waals surface area contributed by atoms with Crippen LogP contribution in [0.3, 0.4) is 0 Å². The highest BCUT2D eigenvalue weighted by Gasteiger charge is 2.16. The van der Waals surface area contributed by atoms with E-state index >= 15 is 0 Å². The second kappa shape index (κ2) is 8.74. The molecule has 1 heterocycles. The van der Waals surface area contributed by atoms with Crippen molar-refractivity contribution >= 4 is 11.6 Å². The van der Waals surface area contributed by atoms with Crippen molar-refractivity contribution in [1.29, 1.82) is 0 Å². The lowest BCUT2D eigenvalue weighted by molar-refractivity contribution is 0.102. The number of benzene rings is 3. The fraction of sp³-hybridized carbons (Fsp3) is 0.0435. The number of nitrogens with zero attached hydrogens (tertiary/aromatic N) is 2. The Balaban J connectivity index is 1.49. The maximum absolute atomic E-state index is 13.7. The molecule has 156 valence electrons. The van der Waals surface area contributed by atoms with Crippen LogP contribution in [0.2, 0.25) is 0 Å². The van der Waals surface area contributed by atoms with Crippen LogP contribution in [0.5, 0.6) is 11.5 Å². The van der Waals surface area contributed by atoms with Crippen molar-refractivity contribution in [3.8, 4) is 11.5 Å². The molecule has 0 unspecified atom stereocenters. The number of aromatic nitrogens is 2. The van der Waals surface area contributed by atoms with Crippen LogP contribution < -0.4 is 10.1 Å². The predicted octanol–water partition coefficient (Wildman–Crippen LogP) is 5.39. The van der Waals surface area contributed by atoms with E-state index in [4.69, 9.17) is 4.74 Å². The molecule has 1 amide bonds. The van der Waals surface area contributed by atoms with Crippen LogP contribution in [0.15, 0.2) is 79.0 Å². The number of hydrogen-bond donors (Lipinski definition) is 1. The normalized spacial score (nSPS) is 10.7.